The number of carbonyl (C=O) groups excluding carboxylic acids is 1. The van der Waals surface area contributed by atoms with Crippen LogP contribution in [0.2, 0.25) is 0 Å². The highest BCUT2D eigenvalue weighted by molar-refractivity contribution is 5.76. The molecule has 2 amide bonds. The normalized spacial score (nSPS) is 19.0. The van der Waals surface area contributed by atoms with Crippen LogP contribution in [0.1, 0.15) is 24.0 Å². The van der Waals surface area contributed by atoms with E-state index in [9.17, 15) is 13.6 Å². The van der Waals surface area contributed by atoms with E-state index in [2.05, 4.69) is 15.2 Å². The summed E-state index contributed by atoms with van der Waals surface area (Å²) in [5, 5.41) is 2.94. The van der Waals surface area contributed by atoms with Crippen molar-refractivity contribution in [3.05, 3.63) is 65.5 Å². The van der Waals surface area contributed by atoms with Gasteiger partial charge in [-0.1, -0.05) is 6.07 Å². The third kappa shape index (κ3) is 3.93. The Balaban J connectivity index is 1.34. The van der Waals surface area contributed by atoms with Crippen LogP contribution in [-0.2, 0) is 12.1 Å². The van der Waals surface area contributed by atoms with Gasteiger partial charge in [0.05, 0.1) is 5.54 Å². The van der Waals surface area contributed by atoms with Crippen molar-refractivity contribution in [3.63, 3.8) is 0 Å². The van der Waals surface area contributed by atoms with Crippen molar-refractivity contribution in [2.75, 3.05) is 26.2 Å². The van der Waals surface area contributed by atoms with Crippen molar-refractivity contribution in [1.29, 1.82) is 0 Å². The molecule has 1 aliphatic carbocycles. The number of urea groups is 1. The summed E-state index contributed by atoms with van der Waals surface area (Å²) in [4.78, 5) is 20.8. The number of rotatable bonds is 4. The topological polar surface area (TPSA) is 48.5 Å². The van der Waals surface area contributed by atoms with Crippen LogP contribution in [0.25, 0.3) is 0 Å². The Labute approximate surface area is 157 Å². The molecule has 1 aliphatic heterocycles. The van der Waals surface area contributed by atoms with Gasteiger partial charge in [-0.25, -0.2) is 13.6 Å². The number of aromatic nitrogens is 1. The summed E-state index contributed by atoms with van der Waals surface area (Å²) in [5.74, 6) is -0.966. The molecule has 2 aromatic rings. The van der Waals surface area contributed by atoms with E-state index in [1.54, 1.807) is 11.1 Å². The standard InChI is InChI=1S/C20H22F2N4O/c21-16-3-4-18(22)17(12-16)20(5-6-20)24-19(27)26-10-8-25(9-11-26)14-15-2-1-7-23-13-15/h1-4,7,12-13H,5-6,8-11,14H2,(H,24,27). The number of pyridine rings is 1. The summed E-state index contributed by atoms with van der Waals surface area (Å²) in [6, 6.07) is 7.15. The number of piperazine rings is 1. The second-order valence-electron chi connectivity index (χ2n) is 7.26. The molecule has 7 heteroatoms. The molecular formula is C20H22F2N4O. The lowest BCUT2D eigenvalue weighted by Crippen LogP contribution is -2.53. The van der Waals surface area contributed by atoms with E-state index in [1.165, 1.54) is 6.07 Å². The number of amides is 2. The average molecular weight is 372 g/mol. The average Bonchev–Trinajstić information content (AvgIpc) is 3.45. The molecule has 1 aromatic heterocycles. The zero-order valence-electron chi connectivity index (χ0n) is 15.0. The van der Waals surface area contributed by atoms with Gasteiger partial charge in [-0.3, -0.25) is 9.88 Å². The minimum absolute atomic E-state index is 0.211. The third-order valence-corrected chi connectivity index (χ3v) is 5.33. The summed E-state index contributed by atoms with van der Waals surface area (Å²) >= 11 is 0. The lowest BCUT2D eigenvalue weighted by atomic mass is 10.0. The summed E-state index contributed by atoms with van der Waals surface area (Å²) in [6.45, 7) is 3.55. The smallest absolute Gasteiger partial charge is 0.318 e. The van der Waals surface area contributed by atoms with Crippen LogP contribution in [0.15, 0.2) is 42.7 Å². The fraction of sp³-hybridized carbons (Fsp3) is 0.400. The molecule has 2 heterocycles. The van der Waals surface area contributed by atoms with Crippen molar-refractivity contribution < 1.29 is 13.6 Å². The maximum absolute atomic E-state index is 14.1. The molecule has 1 saturated heterocycles. The first-order valence-electron chi connectivity index (χ1n) is 9.20. The molecule has 5 nitrogen and oxygen atoms in total. The quantitative estimate of drug-likeness (QED) is 0.898. The van der Waals surface area contributed by atoms with Crippen LogP contribution in [0.4, 0.5) is 13.6 Å². The minimum Gasteiger partial charge on any atom is -0.328 e. The molecule has 142 valence electrons. The van der Waals surface area contributed by atoms with Gasteiger partial charge in [-0.2, -0.15) is 0 Å². The molecule has 0 unspecified atom stereocenters. The molecule has 0 spiro atoms. The largest absolute Gasteiger partial charge is 0.328 e. The summed E-state index contributed by atoms with van der Waals surface area (Å²) in [5.41, 5.74) is 0.621. The summed E-state index contributed by atoms with van der Waals surface area (Å²) in [6.07, 6.45) is 4.85. The fourth-order valence-corrected chi connectivity index (χ4v) is 3.59. The zero-order chi connectivity index (χ0) is 18.9. The van der Waals surface area contributed by atoms with Crippen molar-refractivity contribution in [1.82, 2.24) is 20.1 Å². The van der Waals surface area contributed by atoms with Crippen LogP contribution in [0, 0.1) is 11.6 Å². The first kappa shape index (κ1) is 17.9. The van der Waals surface area contributed by atoms with Crippen LogP contribution >= 0.6 is 0 Å². The number of hydrogen-bond acceptors (Lipinski definition) is 3. The highest BCUT2D eigenvalue weighted by Crippen LogP contribution is 2.46. The van der Waals surface area contributed by atoms with E-state index >= 15 is 0 Å². The number of nitrogens with zero attached hydrogens (tertiary/aromatic N) is 3. The molecule has 2 aliphatic rings. The van der Waals surface area contributed by atoms with Crippen molar-refractivity contribution in [2.24, 2.45) is 0 Å². The molecule has 4 rings (SSSR count). The van der Waals surface area contributed by atoms with E-state index in [0.717, 1.165) is 37.3 Å². The van der Waals surface area contributed by atoms with Gasteiger partial charge in [0.25, 0.3) is 0 Å². The molecular weight excluding hydrogens is 350 g/mol. The number of benzene rings is 1. The Morgan fingerprint density at radius 1 is 1.15 bits per heavy atom. The van der Waals surface area contributed by atoms with E-state index in [0.29, 0.717) is 25.9 Å². The second-order valence-corrected chi connectivity index (χ2v) is 7.26. The molecule has 27 heavy (non-hydrogen) atoms. The molecule has 1 saturated carbocycles. The fourth-order valence-electron chi connectivity index (χ4n) is 3.59. The predicted molar refractivity (Wildman–Crippen MR) is 96.9 cm³/mol. The van der Waals surface area contributed by atoms with E-state index in [4.69, 9.17) is 0 Å². The van der Waals surface area contributed by atoms with Gasteiger partial charge < -0.3 is 10.2 Å². The van der Waals surface area contributed by atoms with Gasteiger partial charge >= 0.3 is 6.03 Å². The lowest BCUT2D eigenvalue weighted by molar-refractivity contribution is 0.132. The molecule has 1 N–H and O–H groups in total. The maximum atomic E-state index is 14.1. The number of hydrogen-bond donors (Lipinski definition) is 1. The van der Waals surface area contributed by atoms with Crippen LogP contribution < -0.4 is 5.32 Å². The summed E-state index contributed by atoms with van der Waals surface area (Å²) in [7, 11) is 0. The highest BCUT2D eigenvalue weighted by Gasteiger charge is 2.48. The number of carbonyl (C=O) groups is 1. The van der Waals surface area contributed by atoms with Crippen LogP contribution in [-0.4, -0.2) is 47.0 Å². The minimum atomic E-state index is -0.768. The van der Waals surface area contributed by atoms with Crippen molar-refractivity contribution in [3.8, 4) is 0 Å². The van der Waals surface area contributed by atoms with E-state index in [1.807, 2.05) is 18.3 Å². The van der Waals surface area contributed by atoms with E-state index in [-0.39, 0.29) is 11.6 Å². The molecule has 0 atom stereocenters. The maximum Gasteiger partial charge on any atom is 0.318 e. The van der Waals surface area contributed by atoms with Gasteiger partial charge in [0.2, 0.25) is 0 Å². The van der Waals surface area contributed by atoms with Crippen molar-refractivity contribution >= 4 is 6.03 Å². The monoisotopic (exact) mass is 372 g/mol. The van der Waals surface area contributed by atoms with Gasteiger partial charge in [0.15, 0.2) is 0 Å². The van der Waals surface area contributed by atoms with Crippen molar-refractivity contribution in [2.45, 2.75) is 24.9 Å². The number of nitrogens with one attached hydrogen (secondary N) is 1. The first-order valence-corrected chi connectivity index (χ1v) is 9.20. The SMILES string of the molecule is O=C(NC1(c2cc(F)ccc2F)CC1)N1CCN(Cc2cccnc2)CC1. The molecule has 1 aromatic carbocycles. The van der Waals surface area contributed by atoms with Gasteiger partial charge in [0, 0.05) is 50.7 Å². The summed E-state index contributed by atoms with van der Waals surface area (Å²) < 4.78 is 27.6. The van der Waals surface area contributed by atoms with Gasteiger partial charge in [-0.05, 0) is 42.7 Å². The third-order valence-electron chi connectivity index (χ3n) is 5.33. The van der Waals surface area contributed by atoms with Gasteiger partial charge in [0.1, 0.15) is 11.6 Å². The second kappa shape index (κ2) is 7.23. The Hall–Kier alpha value is -2.54. The number of halogens is 2. The molecule has 0 bridgehead atoms. The Bertz CT molecular complexity index is 818. The Kier molecular flexibility index (Phi) is 4.78. The zero-order valence-corrected chi connectivity index (χ0v) is 15.0. The van der Waals surface area contributed by atoms with Crippen LogP contribution in [0.5, 0.6) is 0 Å². The predicted octanol–water partition coefficient (Wildman–Crippen LogP) is 2.88. The highest BCUT2D eigenvalue weighted by atomic mass is 19.1. The molecule has 0 radical (unpaired) electrons. The van der Waals surface area contributed by atoms with Gasteiger partial charge in [-0.15, -0.1) is 0 Å². The Morgan fingerprint density at radius 3 is 2.59 bits per heavy atom. The molecule has 2 fully saturated rings. The lowest BCUT2D eigenvalue weighted by Gasteiger charge is -2.35. The Morgan fingerprint density at radius 2 is 1.93 bits per heavy atom. The van der Waals surface area contributed by atoms with Crippen LogP contribution in [0.3, 0.4) is 0 Å². The van der Waals surface area contributed by atoms with E-state index < -0.39 is 17.2 Å². The first-order chi connectivity index (χ1) is 13.1.